The first kappa shape index (κ1) is 19.6. The first-order valence-electron chi connectivity index (χ1n) is 8.00. The number of phenolic OH excluding ortho intramolecular Hbond substituents is 1. The van der Waals surface area contributed by atoms with E-state index in [1.54, 1.807) is 36.4 Å². The van der Waals surface area contributed by atoms with Gasteiger partial charge in [0.25, 0.3) is 5.91 Å². The first-order valence-corrected chi connectivity index (χ1v) is 9.61. The average molecular weight is 460 g/mol. The molecule has 0 aliphatic carbocycles. The number of rotatable bonds is 6. The molecule has 0 atom stereocenters. The Balaban J connectivity index is 1.53. The molecule has 142 valence electrons. The summed E-state index contributed by atoms with van der Waals surface area (Å²) in [6, 6.07) is 13.6. The largest absolute Gasteiger partial charge is 0.507 e. The molecule has 0 bridgehead atoms. The van der Waals surface area contributed by atoms with Crippen molar-refractivity contribution in [2.75, 3.05) is 5.32 Å². The molecular formula is C18H14BrN5O3S. The number of benzene rings is 2. The molecule has 0 aliphatic heterocycles. The lowest BCUT2D eigenvalue weighted by molar-refractivity contribution is -0.120. The topological polar surface area (TPSA) is 117 Å². The highest BCUT2D eigenvalue weighted by Gasteiger charge is 2.12. The van der Waals surface area contributed by atoms with E-state index in [9.17, 15) is 14.7 Å². The zero-order valence-electron chi connectivity index (χ0n) is 14.3. The number of aromatic nitrogens is 2. The number of phenols is 1. The number of anilines is 1. The second-order valence-electron chi connectivity index (χ2n) is 5.49. The number of nitrogens with zero attached hydrogens (tertiary/aromatic N) is 3. The number of amides is 2. The summed E-state index contributed by atoms with van der Waals surface area (Å²) in [4.78, 5) is 24.0. The van der Waals surface area contributed by atoms with E-state index >= 15 is 0 Å². The normalized spacial score (nSPS) is 10.8. The number of hydrogen-bond donors (Lipinski definition) is 3. The van der Waals surface area contributed by atoms with Crippen LogP contribution in [0.3, 0.4) is 0 Å². The minimum atomic E-state index is -0.400. The van der Waals surface area contributed by atoms with Crippen LogP contribution in [-0.2, 0) is 11.2 Å². The highest BCUT2D eigenvalue weighted by atomic mass is 79.9. The third-order valence-corrected chi connectivity index (χ3v) is 4.75. The van der Waals surface area contributed by atoms with E-state index in [-0.39, 0.29) is 18.1 Å². The van der Waals surface area contributed by atoms with Crippen LogP contribution in [-0.4, -0.2) is 33.3 Å². The van der Waals surface area contributed by atoms with Crippen LogP contribution in [0.2, 0.25) is 0 Å². The summed E-state index contributed by atoms with van der Waals surface area (Å²) in [5.74, 6) is -0.655. The maximum Gasteiger partial charge on any atom is 0.257 e. The smallest absolute Gasteiger partial charge is 0.257 e. The second-order valence-corrected chi connectivity index (χ2v) is 7.47. The molecule has 3 aromatic rings. The lowest BCUT2D eigenvalue weighted by Crippen LogP contribution is -2.19. The number of aromatic hydroxyl groups is 1. The Morgan fingerprint density at radius 2 is 1.96 bits per heavy atom. The Morgan fingerprint density at radius 3 is 2.75 bits per heavy atom. The van der Waals surface area contributed by atoms with Gasteiger partial charge in [0.05, 0.1) is 12.6 Å². The molecule has 8 nitrogen and oxygen atoms in total. The van der Waals surface area contributed by atoms with E-state index in [0.29, 0.717) is 21.3 Å². The third kappa shape index (κ3) is 5.44. The molecular weight excluding hydrogens is 446 g/mol. The fourth-order valence-corrected chi connectivity index (χ4v) is 3.23. The average Bonchev–Trinajstić information content (AvgIpc) is 3.12. The molecule has 28 heavy (non-hydrogen) atoms. The van der Waals surface area contributed by atoms with Crippen molar-refractivity contribution in [3.05, 3.63) is 69.1 Å². The number of carbonyl (C=O) groups is 2. The Labute approximate surface area is 172 Å². The predicted octanol–water partition coefficient (Wildman–Crippen LogP) is 2.95. The van der Waals surface area contributed by atoms with E-state index in [2.05, 4.69) is 42.0 Å². The van der Waals surface area contributed by atoms with Gasteiger partial charge in [0.2, 0.25) is 11.0 Å². The first-order chi connectivity index (χ1) is 13.5. The molecule has 2 amide bonds. The lowest BCUT2D eigenvalue weighted by atomic mass is 10.2. The molecule has 0 aliphatic rings. The molecule has 0 saturated carbocycles. The van der Waals surface area contributed by atoms with Crippen LogP contribution in [0.25, 0.3) is 0 Å². The van der Waals surface area contributed by atoms with Gasteiger partial charge in [-0.3, -0.25) is 14.9 Å². The van der Waals surface area contributed by atoms with Gasteiger partial charge in [0.15, 0.2) is 0 Å². The Kier molecular flexibility index (Phi) is 6.45. The van der Waals surface area contributed by atoms with Crippen LogP contribution in [0.4, 0.5) is 5.13 Å². The minimum absolute atomic E-state index is 0.0410. The molecule has 10 heteroatoms. The van der Waals surface area contributed by atoms with Gasteiger partial charge >= 0.3 is 0 Å². The van der Waals surface area contributed by atoms with Gasteiger partial charge < -0.3 is 5.11 Å². The van der Waals surface area contributed by atoms with E-state index < -0.39 is 5.91 Å². The number of carbonyl (C=O) groups excluding carboxylic acids is 2. The molecule has 0 fully saturated rings. The van der Waals surface area contributed by atoms with Gasteiger partial charge in [-0.25, -0.2) is 5.43 Å². The van der Waals surface area contributed by atoms with Crippen LogP contribution in [0.15, 0.2) is 58.1 Å². The molecule has 3 N–H and O–H groups in total. The van der Waals surface area contributed by atoms with E-state index in [4.69, 9.17) is 0 Å². The van der Waals surface area contributed by atoms with E-state index in [1.807, 2.05) is 6.07 Å². The van der Waals surface area contributed by atoms with Crippen molar-refractivity contribution in [2.24, 2.45) is 5.10 Å². The number of hydrazone groups is 1. The van der Waals surface area contributed by atoms with E-state index in [1.165, 1.54) is 12.3 Å². The Hall–Kier alpha value is -3.11. The monoisotopic (exact) mass is 459 g/mol. The summed E-state index contributed by atoms with van der Waals surface area (Å²) in [7, 11) is 0. The van der Waals surface area contributed by atoms with Gasteiger partial charge in [0, 0.05) is 15.6 Å². The van der Waals surface area contributed by atoms with E-state index in [0.717, 1.165) is 15.8 Å². The zero-order valence-corrected chi connectivity index (χ0v) is 16.7. The van der Waals surface area contributed by atoms with Crippen molar-refractivity contribution in [3.8, 4) is 5.75 Å². The van der Waals surface area contributed by atoms with Crippen molar-refractivity contribution in [1.29, 1.82) is 0 Å². The van der Waals surface area contributed by atoms with Crippen molar-refractivity contribution in [3.63, 3.8) is 0 Å². The molecule has 0 spiro atoms. The van der Waals surface area contributed by atoms with Gasteiger partial charge in [-0.2, -0.15) is 5.10 Å². The molecule has 0 unspecified atom stereocenters. The van der Waals surface area contributed by atoms with Gasteiger partial charge in [-0.15, -0.1) is 10.2 Å². The fraction of sp³-hybridized carbons (Fsp3) is 0.0556. The maximum absolute atomic E-state index is 12.1. The standard InChI is InChI=1S/C18H14BrN5O3S/c19-13-6-7-14(25)12(8-13)10-20-22-15(26)9-16-23-24-18(28-16)21-17(27)11-4-2-1-3-5-11/h1-8,10,25H,9H2,(H,22,26)(H,21,24,27)/b20-10+. The molecule has 0 radical (unpaired) electrons. The van der Waals surface area contributed by atoms with Crippen LogP contribution in [0, 0.1) is 0 Å². The summed E-state index contributed by atoms with van der Waals surface area (Å²) in [5, 5.41) is 24.7. The minimum Gasteiger partial charge on any atom is -0.507 e. The maximum atomic E-state index is 12.1. The number of halogens is 1. The van der Waals surface area contributed by atoms with Gasteiger partial charge in [-0.05, 0) is 30.3 Å². The highest BCUT2D eigenvalue weighted by molar-refractivity contribution is 9.10. The lowest BCUT2D eigenvalue weighted by Gasteiger charge is -2.00. The van der Waals surface area contributed by atoms with Crippen LogP contribution < -0.4 is 10.7 Å². The third-order valence-electron chi connectivity index (χ3n) is 3.42. The Morgan fingerprint density at radius 1 is 1.18 bits per heavy atom. The summed E-state index contributed by atoms with van der Waals surface area (Å²) in [6.07, 6.45) is 1.30. The molecule has 2 aromatic carbocycles. The number of hydrogen-bond acceptors (Lipinski definition) is 7. The zero-order chi connectivity index (χ0) is 19.9. The van der Waals surface area contributed by atoms with Crippen molar-refractivity contribution in [1.82, 2.24) is 15.6 Å². The number of nitrogens with one attached hydrogen (secondary N) is 2. The SMILES string of the molecule is O=C(Cc1nnc(NC(=O)c2ccccc2)s1)N/N=C/c1cc(Br)ccc1O. The van der Waals surface area contributed by atoms with Crippen LogP contribution in [0.1, 0.15) is 20.9 Å². The molecule has 0 saturated heterocycles. The predicted molar refractivity (Wildman–Crippen MR) is 110 cm³/mol. The van der Waals surface area contributed by atoms with Crippen molar-refractivity contribution in [2.45, 2.75) is 6.42 Å². The van der Waals surface area contributed by atoms with Gasteiger partial charge in [0.1, 0.15) is 10.8 Å². The van der Waals surface area contributed by atoms with Crippen LogP contribution >= 0.6 is 27.3 Å². The molecule has 1 aromatic heterocycles. The fourth-order valence-electron chi connectivity index (χ4n) is 2.11. The quantitative estimate of drug-likeness (QED) is 0.386. The van der Waals surface area contributed by atoms with Gasteiger partial charge in [-0.1, -0.05) is 45.5 Å². The second kappa shape index (κ2) is 9.20. The molecule has 1 heterocycles. The summed E-state index contributed by atoms with van der Waals surface area (Å²) >= 11 is 4.40. The van der Waals surface area contributed by atoms with Crippen LogP contribution in [0.5, 0.6) is 5.75 Å². The summed E-state index contributed by atoms with van der Waals surface area (Å²) < 4.78 is 0.775. The Bertz CT molecular complexity index is 1020. The molecule has 3 rings (SSSR count). The summed E-state index contributed by atoms with van der Waals surface area (Å²) in [5.41, 5.74) is 3.31. The van der Waals surface area contributed by atoms with Crippen molar-refractivity contribution >= 4 is 50.4 Å². The van der Waals surface area contributed by atoms with Crippen molar-refractivity contribution < 1.29 is 14.7 Å². The highest BCUT2D eigenvalue weighted by Crippen LogP contribution is 2.20. The summed E-state index contributed by atoms with van der Waals surface area (Å²) in [6.45, 7) is 0.